The summed E-state index contributed by atoms with van der Waals surface area (Å²) in [4.78, 5) is 16.2. The minimum atomic E-state index is -0.331. The van der Waals surface area contributed by atoms with Gasteiger partial charge >= 0.3 is 12.0 Å². The predicted molar refractivity (Wildman–Crippen MR) is 79.3 cm³/mol. The van der Waals surface area contributed by atoms with Crippen molar-refractivity contribution in [1.82, 2.24) is 20.1 Å². The number of carbonyl (C=O) groups excluding carboxylic acids is 1. The Bertz CT molecular complexity index is 614. The van der Waals surface area contributed by atoms with Gasteiger partial charge in [0.2, 0.25) is 0 Å². The normalized spacial score (nSPS) is 11.2. The monoisotopic (exact) mass is 288 g/mol. The van der Waals surface area contributed by atoms with E-state index in [1.807, 2.05) is 51.1 Å². The smallest absolute Gasteiger partial charge is 0.343 e. The lowest BCUT2D eigenvalue weighted by Crippen LogP contribution is -2.31. The summed E-state index contributed by atoms with van der Waals surface area (Å²) in [6.07, 6.45) is 0. The molecule has 1 N–H and O–H groups in total. The van der Waals surface area contributed by atoms with Crippen LogP contribution in [0.1, 0.15) is 32.2 Å². The highest BCUT2D eigenvalue weighted by Gasteiger charge is 2.26. The molecule has 1 aromatic carbocycles. The Kier molecular flexibility index (Phi) is 4.26. The summed E-state index contributed by atoms with van der Waals surface area (Å²) in [6, 6.07) is 9.61. The summed E-state index contributed by atoms with van der Waals surface area (Å²) in [5.74, 6) is 0.560. The second-order valence-corrected chi connectivity index (χ2v) is 5.71. The highest BCUT2D eigenvalue weighted by Crippen LogP contribution is 2.22. The Labute approximate surface area is 124 Å². The van der Waals surface area contributed by atoms with Crippen LogP contribution in [0.3, 0.4) is 0 Å². The lowest BCUT2D eigenvalue weighted by Gasteiger charge is -2.16. The molecule has 0 aliphatic carbocycles. The first-order valence-electron chi connectivity index (χ1n) is 6.78. The fourth-order valence-electron chi connectivity index (χ4n) is 1.81. The topological polar surface area (TPSA) is 69.0 Å². The quantitative estimate of drug-likeness (QED) is 0.941. The Morgan fingerprint density at radius 1 is 1.29 bits per heavy atom. The molecule has 0 bridgehead atoms. The number of nitrogens with one attached hydrogen (secondary N) is 1. The molecule has 2 rings (SSSR count). The van der Waals surface area contributed by atoms with E-state index in [0.717, 1.165) is 5.56 Å². The summed E-state index contributed by atoms with van der Waals surface area (Å²) in [5, 5.41) is 6.68. The maximum Gasteiger partial charge on any atom is 0.343 e. The van der Waals surface area contributed by atoms with E-state index in [9.17, 15) is 4.79 Å². The van der Waals surface area contributed by atoms with Crippen LogP contribution in [-0.4, -0.2) is 27.8 Å². The van der Waals surface area contributed by atoms with Gasteiger partial charge in [0, 0.05) is 12.5 Å². The van der Waals surface area contributed by atoms with E-state index >= 15 is 0 Å². The van der Waals surface area contributed by atoms with Crippen molar-refractivity contribution in [2.75, 3.05) is 7.05 Å². The van der Waals surface area contributed by atoms with Crippen LogP contribution in [0, 0.1) is 0 Å². The molecule has 6 heteroatoms. The first kappa shape index (κ1) is 15.0. The van der Waals surface area contributed by atoms with E-state index in [0.29, 0.717) is 12.4 Å². The summed E-state index contributed by atoms with van der Waals surface area (Å²) < 4.78 is 6.83. The Hall–Kier alpha value is -2.37. The van der Waals surface area contributed by atoms with Gasteiger partial charge in [-0.05, 0) is 5.56 Å². The van der Waals surface area contributed by atoms with Crippen molar-refractivity contribution >= 4 is 6.03 Å². The highest BCUT2D eigenvalue weighted by atomic mass is 16.5. The van der Waals surface area contributed by atoms with E-state index in [4.69, 9.17) is 4.74 Å². The minimum Gasteiger partial charge on any atom is -0.458 e. The lowest BCUT2D eigenvalue weighted by molar-refractivity contribution is 0.237. The summed E-state index contributed by atoms with van der Waals surface area (Å²) >= 11 is 0. The third-order valence-corrected chi connectivity index (χ3v) is 2.88. The number of hydrogen-bond acceptors (Lipinski definition) is 4. The molecule has 0 spiro atoms. The van der Waals surface area contributed by atoms with E-state index < -0.39 is 0 Å². The summed E-state index contributed by atoms with van der Waals surface area (Å²) in [6.45, 7) is 6.27. The third kappa shape index (κ3) is 3.59. The highest BCUT2D eigenvalue weighted by molar-refractivity contribution is 5.76. The molecule has 0 fully saturated rings. The largest absolute Gasteiger partial charge is 0.458 e. The van der Waals surface area contributed by atoms with Gasteiger partial charge < -0.3 is 10.1 Å². The molecule has 1 aromatic heterocycles. The number of amides is 1. The maximum absolute atomic E-state index is 11.9. The molecule has 0 saturated heterocycles. The third-order valence-electron chi connectivity index (χ3n) is 2.88. The predicted octanol–water partition coefficient (Wildman–Crippen LogP) is 2.34. The number of ether oxygens (including phenoxy) is 1. The van der Waals surface area contributed by atoms with Crippen molar-refractivity contribution < 1.29 is 9.53 Å². The van der Waals surface area contributed by atoms with Crippen LogP contribution in [0.25, 0.3) is 0 Å². The van der Waals surface area contributed by atoms with Gasteiger partial charge in [-0.25, -0.2) is 4.79 Å². The molecule has 0 unspecified atom stereocenters. The summed E-state index contributed by atoms with van der Waals surface area (Å²) in [5.41, 5.74) is 0.708. The number of benzene rings is 1. The van der Waals surface area contributed by atoms with Gasteiger partial charge in [0.05, 0.1) is 0 Å². The molecule has 0 atom stereocenters. The average Bonchev–Trinajstić information content (AvgIpc) is 2.90. The first-order valence-corrected chi connectivity index (χ1v) is 6.78. The van der Waals surface area contributed by atoms with Crippen molar-refractivity contribution in [3.05, 3.63) is 41.7 Å². The van der Waals surface area contributed by atoms with Crippen molar-refractivity contribution in [1.29, 1.82) is 0 Å². The van der Waals surface area contributed by atoms with E-state index in [1.54, 1.807) is 7.05 Å². The number of carbonyl (C=O) groups is 1. The molecule has 0 aliphatic rings. The minimum absolute atomic E-state index is 0.201. The van der Waals surface area contributed by atoms with Crippen LogP contribution >= 0.6 is 0 Å². The lowest BCUT2D eigenvalue weighted by atomic mass is 9.96. The molecule has 6 nitrogen and oxygen atoms in total. The molecule has 112 valence electrons. The second-order valence-electron chi connectivity index (χ2n) is 5.71. The SMILES string of the molecule is CNC(=O)n1nc(OCc2ccccc2)nc1C(C)(C)C. The first-order chi connectivity index (χ1) is 9.91. The second kappa shape index (κ2) is 5.95. The molecule has 0 aliphatic heterocycles. The standard InChI is InChI=1S/C15H20N4O2/c1-15(2,3)12-17-13(18-19(12)14(20)16-4)21-10-11-8-6-5-7-9-11/h5-9H,10H2,1-4H3,(H,16,20). The molecular weight excluding hydrogens is 268 g/mol. The van der Waals surface area contributed by atoms with Crippen LogP contribution in [0.2, 0.25) is 0 Å². The zero-order valence-corrected chi connectivity index (χ0v) is 12.8. The van der Waals surface area contributed by atoms with E-state index in [1.165, 1.54) is 4.68 Å². The number of aromatic nitrogens is 3. The zero-order chi connectivity index (χ0) is 15.5. The van der Waals surface area contributed by atoms with Gasteiger partial charge in [-0.1, -0.05) is 51.1 Å². The molecule has 0 saturated carbocycles. The fraction of sp³-hybridized carbons (Fsp3) is 0.400. The molecule has 1 amide bonds. The van der Waals surface area contributed by atoms with E-state index in [-0.39, 0.29) is 17.5 Å². The molecular formula is C15H20N4O2. The van der Waals surface area contributed by atoms with Gasteiger partial charge in [0.15, 0.2) is 0 Å². The molecule has 1 heterocycles. The van der Waals surface area contributed by atoms with Crippen LogP contribution in [0.5, 0.6) is 6.01 Å². The van der Waals surface area contributed by atoms with Crippen LogP contribution in [0.4, 0.5) is 4.79 Å². The number of hydrogen-bond donors (Lipinski definition) is 1. The maximum atomic E-state index is 11.9. The van der Waals surface area contributed by atoms with Gasteiger partial charge in [-0.15, -0.1) is 5.10 Å². The fourth-order valence-corrected chi connectivity index (χ4v) is 1.81. The Balaban J connectivity index is 2.21. The number of nitrogens with zero attached hydrogens (tertiary/aromatic N) is 3. The molecule has 0 radical (unpaired) electrons. The molecule has 2 aromatic rings. The van der Waals surface area contributed by atoms with Crippen molar-refractivity contribution in [3.8, 4) is 6.01 Å². The van der Waals surface area contributed by atoms with Gasteiger partial charge in [-0.2, -0.15) is 9.67 Å². The van der Waals surface area contributed by atoms with Crippen molar-refractivity contribution in [2.45, 2.75) is 32.8 Å². The zero-order valence-electron chi connectivity index (χ0n) is 12.8. The summed E-state index contributed by atoms with van der Waals surface area (Å²) in [7, 11) is 1.56. The van der Waals surface area contributed by atoms with Gasteiger partial charge in [0.25, 0.3) is 0 Å². The van der Waals surface area contributed by atoms with E-state index in [2.05, 4.69) is 15.4 Å². The van der Waals surface area contributed by atoms with Crippen molar-refractivity contribution in [2.24, 2.45) is 0 Å². The average molecular weight is 288 g/mol. The Morgan fingerprint density at radius 3 is 2.52 bits per heavy atom. The van der Waals surface area contributed by atoms with Gasteiger partial charge in [0.1, 0.15) is 12.4 Å². The van der Waals surface area contributed by atoms with Crippen LogP contribution in [-0.2, 0) is 12.0 Å². The van der Waals surface area contributed by atoms with Crippen LogP contribution < -0.4 is 10.1 Å². The number of rotatable bonds is 3. The molecule has 21 heavy (non-hydrogen) atoms. The van der Waals surface area contributed by atoms with Crippen molar-refractivity contribution in [3.63, 3.8) is 0 Å². The van der Waals surface area contributed by atoms with Crippen LogP contribution in [0.15, 0.2) is 30.3 Å². The van der Waals surface area contributed by atoms with Gasteiger partial charge in [-0.3, -0.25) is 0 Å². The Morgan fingerprint density at radius 2 is 1.95 bits per heavy atom.